The van der Waals surface area contributed by atoms with Crippen LogP contribution in [0.25, 0.3) is 0 Å². The second-order valence-corrected chi connectivity index (χ2v) is 5.22. The van der Waals surface area contributed by atoms with Crippen molar-refractivity contribution >= 4 is 5.91 Å². The lowest BCUT2D eigenvalue weighted by Crippen LogP contribution is -2.42. The van der Waals surface area contributed by atoms with E-state index >= 15 is 0 Å². The zero-order valence-corrected chi connectivity index (χ0v) is 11.7. The number of nitrogens with one attached hydrogen (secondary N) is 1. The van der Waals surface area contributed by atoms with E-state index in [4.69, 9.17) is 0 Å². The Morgan fingerprint density at radius 2 is 2.18 bits per heavy atom. The molecule has 1 heterocycles. The van der Waals surface area contributed by atoms with E-state index in [0.29, 0.717) is 11.9 Å². The highest BCUT2D eigenvalue weighted by Gasteiger charge is 2.23. The number of hydrogen-bond acceptors (Lipinski definition) is 2. The van der Waals surface area contributed by atoms with Crippen LogP contribution in [0.5, 0.6) is 0 Å². The van der Waals surface area contributed by atoms with Gasteiger partial charge in [0.15, 0.2) is 0 Å². The lowest BCUT2D eigenvalue weighted by molar-refractivity contribution is -0.131. The van der Waals surface area contributed by atoms with Crippen molar-refractivity contribution in [3.8, 4) is 0 Å². The van der Waals surface area contributed by atoms with E-state index in [2.05, 4.69) is 24.1 Å². The summed E-state index contributed by atoms with van der Waals surface area (Å²) < 4.78 is 0. The molecular formula is C14H28N2O. The molecule has 0 aromatic heterocycles. The molecule has 17 heavy (non-hydrogen) atoms. The van der Waals surface area contributed by atoms with Gasteiger partial charge in [0.1, 0.15) is 0 Å². The van der Waals surface area contributed by atoms with Crippen molar-refractivity contribution in [3.63, 3.8) is 0 Å². The smallest absolute Gasteiger partial charge is 0.222 e. The summed E-state index contributed by atoms with van der Waals surface area (Å²) in [5.41, 5.74) is 0. The standard InChI is InChI=1S/C14H28N2O/c1-4-6-13(15-3)11-16-10-9-12(5-2)7-8-14(16)17/h12-13,15H,4-11H2,1-3H3. The fraction of sp³-hybridized carbons (Fsp3) is 0.929. The van der Waals surface area contributed by atoms with Gasteiger partial charge in [-0.25, -0.2) is 0 Å². The van der Waals surface area contributed by atoms with Crippen LogP contribution in [0.3, 0.4) is 0 Å². The van der Waals surface area contributed by atoms with E-state index in [1.54, 1.807) is 0 Å². The zero-order chi connectivity index (χ0) is 12.7. The predicted molar refractivity (Wildman–Crippen MR) is 72.0 cm³/mol. The summed E-state index contributed by atoms with van der Waals surface area (Å²) in [6.45, 7) is 6.28. The van der Waals surface area contributed by atoms with E-state index in [1.165, 1.54) is 19.3 Å². The molecule has 3 heteroatoms. The zero-order valence-electron chi connectivity index (χ0n) is 11.7. The van der Waals surface area contributed by atoms with Gasteiger partial charge in [-0.05, 0) is 32.2 Å². The minimum atomic E-state index is 0.359. The molecule has 1 aliphatic rings. The van der Waals surface area contributed by atoms with Gasteiger partial charge >= 0.3 is 0 Å². The number of carbonyl (C=O) groups is 1. The molecule has 100 valence electrons. The Labute approximate surface area is 106 Å². The van der Waals surface area contributed by atoms with Gasteiger partial charge in [-0.3, -0.25) is 4.79 Å². The minimum absolute atomic E-state index is 0.359. The van der Waals surface area contributed by atoms with Gasteiger partial charge < -0.3 is 10.2 Å². The Bertz CT molecular complexity index is 230. The first-order chi connectivity index (χ1) is 8.21. The molecule has 1 saturated heterocycles. The number of amides is 1. The van der Waals surface area contributed by atoms with E-state index < -0.39 is 0 Å². The maximum atomic E-state index is 12.0. The largest absolute Gasteiger partial charge is 0.341 e. The van der Waals surface area contributed by atoms with Crippen molar-refractivity contribution in [2.75, 3.05) is 20.1 Å². The van der Waals surface area contributed by atoms with Gasteiger partial charge in [0.05, 0.1) is 0 Å². The van der Waals surface area contributed by atoms with Crippen LogP contribution in [0, 0.1) is 5.92 Å². The van der Waals surface area contributed by atoms with E-state index in [1.807, 2.05) is 7.05 Å². The summed E-state index contributed by atoms with van der Waals surface area (Å²) in [6, 6.07) is 0.460. The highest BCUT2D eigenvalue weighted by molar-refractivity contribution is 5.76. The van der Waals surface area contributed by atoms with Crippen LogP contribution in [0.4, 0.5) is 0 Å². The summed E-state index contributed by atoms with van der Waals surface area (Å²) in [5, 5.41) is 3.32. The molecule has 2 unspecified atom stereocenters. The van der Waals surface area contributed by atoms with Gasteiger partial charge in [0.2, 0.25) is 5.91 Å². The van der Waals surface area contributed by atoms with Gasteiger partial charge in [-0.2, -0.15) is 0 Å². The third-order valence-electron chi connectivity index (χ3n) is 3.99. The third-order valence-corrected chi connectivity index (χ3v) is 3.99. The monoisotopic (exact) mass is 240 g/mol. The molecule has 1 N–H and O–H groups in total. The lowest BCUT2D eigenvalue weighted by Gasteiger charge is -2.26. The molecule has 0 aromatic carbocycles. The molecule has 0 saturated carbocycles. The normalized spacial score (nSPS) is 23.6. The second kappa shape index (κ2) is 7.70. The second-order valence-electron chi connectivity index (χ2n) is 5.22. The molecular weight excluding hydrogens is 212 g/mol. The molecule has 0 spiro atoms. The average molecular weight is 240 g/mol. The first-order valence-electron chi connectivity index (χ1n) is 7.16. The average Bonchev–Trinajstić information content (AvgIpc) is 2.52. The molecule has 0 bridgehead atoms. The summed E-state index contributed by atoms with van der Waals surface area (Å²) in [5.74, 6) is 1.11. The summed E-state index contributed by atoms with van der Waals surface area (Å²) >= 11 is 0. The molecule has 0 aliphatic carbocycles. The highest BCUT2D eigenvalue weighted by atomic mass is 16.2. The van der Waals surface area contributed by atoms with E-state index in [-0.39, 0.29) is 0 Å². The Morgan fingerprint density at radius 3 is 2.76 bits per heavy atom. The van der Waals surface area contributed by atoms with Crippen molar-refractivity contribution in [2.24, 2.45) is 5.92 Å². The van der Waals surface area contributed by atoms with Gasteiger partial charge in [0, 0.05) is 25.6 Å². The Kier molecular flexibility index (Phi) is 6.56. The van der Waals surface area contributed by atoms with Crippen molar-refractivity contribution in [2.45, 2.75) is 58.4 Å². The predicted octanol–water partition coefficient (Wildman–Crippen LogP) is 2.41. The Morgan fingerprint density at radius 1 is 1.41 bits per heavy atom. The Balaban J connectivity index is 2.48. The summed E-state index contributed by atoms with van der Waals surface area (Å²) in [4.78, 5) is 14.1. The van der Waals surface area contributed by atoms with Crippen LogP contribution in [-0.4, -0.2) is 37.0 Å². The third kappa shape index (κ3) is 4.66. The molecule has 0 aromatic rings. The van der Waals surface area contributed by atoms with Crippen LogP contribution >= 0.6 is 0 Å². The van der Waals surface area contributed by atoms with E-state index in [9.17, 15) is 4.79 Å². The SMILES string of the molecule is CCCC(CN1CCC(CC)CCC1=O)NC. The van der Waals surface area contributed by atoms with Crippen molar-refractivity contribution < 1.29 is 4.79 Å². The molecule has 1 fully saturated rings. The molecule has 2 atom stereocenters. The number of rotatable bonds is 6. The number of nitrogens with zero attached hydrogens (tertiary/aromatic N) is 1. The number of carbonyl (C=O) groups excluding carboxylic acids is 1. The molecule has 1 rings (SSSR count). The number of hydrogen-bond donors (Lipinski definition) is 1. The molecule has 3 nitrogen and oxygen atoms in total. The topological polar surface area (TPSA) is 32.3 Å². The minimum Gasteiger partial charge on any atom is -0.341 e. The van der Waals surface area contributed by atoms with Crippen LogP contribution in [0.2, 0.25) is 0 Å². The molecule has 1 aliphatic heterocycles. The van der Waals surface area contributed by atoms with Crippen molar-refractivity contribution in [1.82, 2.24) is 10.2 Å². The summed E-state index contributed by atoms with van der Waals surface area (Å²) in [7, 11) is 2.00. The van der Waals surface area contributed by atoms with Gasteiger partial charge in [0.25, 0.3) is 0 Å². The van der Waals surface area contributed by atoms with Crippen LogP contribution in [0.15, 0.2) is 0 Å². The van der Waals surface area contributed by atoms with Crippen LogP contribution in [-0.2, 0) is 4.79 Å². The first kappa shape index (κ1) is 14.5. The van der Waals surface area contributed by atoms with Crippen molar-refractivity contribution in [1.29, 1.82) is 0 Å². The Hall–Kier alpha value is -0.570. The number of likely N-dealkylation sites (tertiary alicyclic amines) is 1. The van der Waals surface area contributed by atoms with Crippen LogP contribution < -0.4 is 5.32 Å². The molecule has 1 amide bonds. The number of likely N-dealkylation sites (N-methyl/N-ethyl adjacent to an activating group) is 1. The van der Waals surface area contributed by atoms with Gasteiger partial charge in [-0.15, -0.1) is 0 Å². The maximum Gasteiger partial charge on any atom is 0.222 e. The highest BCUT2D eigenvalue weighted by Crippen LogP contribution is 2.21. The maximum absolute atomic E-state index is 12.0. The first-order valence-corrected chi connectivity index (χ1v) is 7.16. The quantitative estimate of drug-likeness (QED) is 0.773. The van der Waals surface area contributed by atoms with Crippen LogP contribution in [0.1, 0.15) is 52.4 Å². The molecule has 0 radical (unpaired) electrons. The van der Waals surface area contributed by atoms with Gasteiger partial charge in [-0.1, -0.05) is 26.7 Å². The lowest BCUT2D eigenvalue weighted by atomic mass is 9.98. The van der Waals surface area contributed by atoms with Crippen molar-refractivity contribution in [3.05, 3.63) is 0 Å². The summed E-state index contributed by atoms with van der Waals surface area (Å²) in [6.07, 6.45) is 6.56. The van der Waals surface area contributed by atoms with E-state index in [0.717, 1.165) is 38.3 Å². The fourth-order valence-electron chi connectivity index (χ4n) is 2.64. The fourth-order valence-corrected chi connectivity index (χ4v) is 2.64.